The largest absolute Gasteiger partial charge is 0.435 e. The zero-order chi connectivity index (χ0) is 24.2. The van der Waals surface area contributed by atoms with Crippen LogP contribution in [0.5, 0.6) is 17.4 Å². The molecule has 2 heterocycles. The number of benzene rings is 1. The number of anilines is 1. The molecular weight excluding hydrogens is 475 g/mol. The summed E-state index contributed by atoms with van der Waals surface area (Å²) in [5.41, 5.74) is -0.402. The minimum absolute atomic E-state index is 0.216. The molecule has 3 rings (SSSR count). The van der Waals surface area contributed by atoms with Gasteiger partial charge in [-0.1, -0.05) is 17.7 Å². The Kier molecular flexibility index (Phi) is 7.36. The second-order valence-corrected chi connectivity index (χ2v) is 6.89. The molecule has 0 atom stereocenters. The van der Waals surface area contributed by atoms with Gasteiger partial charge in [-0.05, 0) is 30.7 Å². The fourth-order valence-corrected chi connectivity index (χ4v) is 2.97. The molecule has 0 fully saturated rings. The van der Waals surface area contributed by atoms with Crippen LogP contribution in [0.25, 0.3) is 0 Å². The van der Waals surface area contributed by atoms with E-state index in [1.165, 1.54) is 23.0 Å². The maximum absolute atomic E-state index is 12.9. The minimum Gasteiger partial charge on any atom is -0.435 e. The van der Waals surface area contributed by atoms with Crippen LogP contribution in [0.1, 0.15) is 18.1 Å². The van der Waals surface area contributed by atoms with Gasteiger partial charge in [-0.25, -0.2) is 4.98 Å². The molecule has 1 N–H and O–H groups in total. The van der Waals surface area contributed by atoms with Crippen molar-refractivity contribution >= 4 is 23.2 Å². The molecule has 176 valence electrons. The molecule has 0 aliphatic heterocycles. The summed E-state index contributed by atoms with van der Waals surface area (Å²) in [6.45, 7) is -0.896. The van der Waals surface area contributed by atoms with Crippen molar-refractivity contribution in [3.8, 4) is 17.4 Å². The van der Waals surface area contributed by atoms with E-state index in [9.17, 15) is 26.7 Å². The molecule has 0 saturated carbocycles. The molecule has 1 aromatic carbocycles. The number of carbonyl (C=O) groups excluding carboxylic acids is 1. The third-order valence-corrected chi connectivity index (χ3v) is 4.61. The summed E-state index contributed by atoms with van der Waals surface area (Å²) in [4.78, 5) is 15.9. The summed E-state index contributed by atoms with van der Waals surface area (Å²) in [6, 6.07) is 5.48. The summed E-state index contributed by atoms with van der Waals surface area (Å²) in [5, 5.41) is 6.80. The molecule has 3 aromatic rings. The topological polar surface area (TPSA) is 78.3 Å². The lowest BCUT2D eigenvalue weighted by molar-refractivity contribution is -0.137. The molecule has 0 radical (unpaired) electrons. The second-order valence-electron chi connectivity index (χ2n) is 6.53. The van der Waals surface area contributed by atoms with Crippen LogP contribution in [0.4, 0.5) is 27.6 Å². The molecule has 0 saturated heterocycles. The van der Waals surface area contributed by atoms with Gasteiger partial charge in [0.05, 0.1) is 23.9 Å². The monoisotopic (exact) mass is 490 g/mol. The summed E-state index contributed by atoms with van der Waals surface area (Å²) < 4.78 is 74.9. The van der Waals surface area contributed by atoms with E-state index in [2.05, 4.69) is 20.1 Å². The van der Waals surface area contributed by atoms with Crippen molar-refractivity contribution in [1.29, 1.82) is 0 Å². The van der Waals surface area contributed by atoms with E-state index in [-0.39, 0.29) is 23.2 Å². The van der Waals surface area contributed by atoms with Crippen LogP contribution in [0.15, 0.2) is 42.7 Å². The Hall–Kier alpha value is -3.41. The van der Waals surface area contributed by atoms with Crippen LogP contribution in [0.3, 0.4) is 0 Å². The zero-order valence-corrected chi connectivity index (χ0v) is 17.6. The van der Waals surface area contributed by atoms with E-state index in [0.29, 0.717) is 24.0 Å². The average Bonchev–Trinajstić information content (AvgIpc) is 3.08. The third kappa shape index (κ3) is 6.31. The van der Waals surface area contributed by atoms with E-state index in [0.717, 1.165) is 18.2 Å². The number of aryl methyl sites for hydroxylation is 1. The van der Waals surface area contributed by atoms with E-state index >= 15 is 0 Å². The number of nitrogens with zero attached hydrogens (tertiary/aromatic N) is 3. The quantitative estimate of drug-likeness (QED) is 0.419. The molecule has 33 heavy (non-hydrogen) atoms. The summed E-state index contributed by atoms with van der Waals surface area (Å²) in [6.07, 6.45) is -2.88. The predicted molar refractivity (Wildman–Crippen MR) is 108 cm³/mol. The Bertz CT molecular complexity index is 1120. The maximum Gasteiger partial charge on any atom is 0.417 e. The highest BCUT2D eigenvalue weighted by atomic mass is 35.5. The Morgan fingerprint density at radius 3 is 2.52 bits per heavy atom. The van der Waals surface area contributed by atoms with Gasteiger partial charge >= 0.3 is 12.8 Å². The minimum atomic E-state index is -4.59. The predicted octanol–water partition coefficient (Wildman–Crippen LogP) is 5.55. The molecule has 2 aromatic heterocycles. The summed E-state index contributed by atoms with van der Waals surface area (Å²) in [5.74, 6) is -1.41. The van der Waals surface area contributed by atoms with Crippen LogP contribution in [0.2, 0.25) is 5.15 Å². The molecule has 0 bridgehead atoms. The molecular formula is C20H16ClF5N4O3. The van der Waals surface area contributed by atoms with Crippen molar-refractivity contribution in [3.63, 3.8) is 0 Å². The fourth-order valence-electron chi connectivity index (χ4n) is 2.71. The van der Waals surface area contributed by atoms with Gasteiger partial charge in [-0.3, -0.25) is 9.48 Å². The van der Waals surface area contributed by atoms with Crippen LogP contribution in [0, 0.1) is 0 Å². The Balaban J connectivity index is 1.75. The second kappa shape index (κ2) is 10.0. The number of pyridine rings is 1. The van der Waals surface area contributed by atoms with Gasteiger partial charge in [0.1, 0.15) is 0 Å². The number of alkyl halides is 5. The fraction of sp³-hybridized carbons (Fsp3) is 0.250. The van der Waals surface area contributed by atoms with E-state index in [1.54, 1.807) is 0 Å². The Labute approximate surface area is 189 Å². The molecule has 1 amide bonds. The maximum atomic E-state index is 12.9. The third-order valence-electron chi connectivity index (χ3n) is 4.22. The number of rotatable bonds is 8. The first-order chi connectivity index (χ1) is 15.6. The SMILES string of the molecule is CCn1ncc(NC(=O)Cc2ccc(Oc3ccc(C(F)(F)F)cn3)c(OC(F)F)c2)c1Cl. The number of carbonyl (C=O) groups is 1. The summed E-state index contributed by atoms with van der Waals surface area (Å²) in [7, 11) is 0. The first-order valence-corrected chi connectivity index (χ1v) is 9.74. The van der Waals surface area contributed by atoms with Crippen molar-refractivity contribution in [2.45, 2.75) is 32.7 Å². The number of amides is 1. The number of halogens is 6. The van der Waals surface area contributed by atoms with Gasteiger partial charge in [-0.15, -0.1) is 0 Å². The Morgan fingerprint density at radius 1 is 1.18 bits per heavy atom. The first-order valence-electron chi connectivity index (χ1n) is 9.36. The normalized spacial score (nSPS) is 11.5. The number of hydrogen-bond donors (Lipinski definition) is 1. The van der Waals surface area contributed by atoms with Crippen LogP contribution < -0.4 is 14.8 Å². The molecule has 7 nitrogen and oxygen atoms in total. The van der Waals surface area contributed by atoms with Gasteiger partial charge in [0.15, 0.2) is 16.7 Å². The lowest BCUT2D eigenvalue weighted by Gasteiger charge is -2.13. The van der Waals surface area contributed by atoms with Crippen LogP contribution >= 0.6 is 11.6 Å². The highest BCUT2D eigenvalue weighted by molar-refractivity contribution is 6.32. The Morgan fingerprint density at radius 2 is 1.94 bits per heavy atom. The molecule has 0 unspecified atom stereocenters. The first kappa shape index (κ1) is 24.2. The number of aromatic nitrogens is 3. The van der Waals surface area contributed by atoms with E-state index in [1.807, 2.05) is 6.92 Å². The van der Waals surface area contributed by atoms with Crippen molar-refractivity contribution in [1.82, 2.24) is 14.8 Å². The van der Waals surface area contributed by atoms with Crippen molar-refractivity contribution in [3.05, 3.63) is 59.0 Å². The molecule has 13 heteroatoms. The highest BCUT2D eigenvalue weighted by Gasteiger charge is 2.30. The van der Waals surface area contributed by atoms with Gasteiger partial charge < -0.3 is 14.8 Å². The van der Waals surface area contributed by atoms with Crippen LogP contribution in [-0.2, 0) is 23.9 Å². The highest BCUT2D eigenvalue weighted by Crippen LogP contribution is 2.35. The van der Waals surface area contributed by atoms with Gasteiger partial charge in [0.2, 0.25) is 11.8 Å². The molecule has 0 aliphatic carbocycles. The van der Waals surface area contributed by atoms with Crippen molar-refractivity contribution < 1.29 is 36.2 Å². The van der Waals surface area contributed by atoms with Crippen LogP contribution in [-0.4, -0.2) is 27.3 Å². The lowest BCUT2D eigenvalue weighted by atomic mass is 10.1. The lowest BCUT2D eigenvalue weighted by Crippen LogP contribution is -2.14. The van der Waals surface area contributed by atoms with E-state index < -0.39 is 30.0 Å². The van der Waals surface area contributed by atoms with Crippen molar-refractivity contribution in [2.24, 2.45) is 0 Å². The standard InChI is InChI=1S/C20H16ClF5N4O3/c1-2-30-18(21)13(10-28-30)29-16(31)8-11-3-5-14(15(7-11)33-19(22)23)32-17-6-4-12(9-27-17)20(24,25)26/h3-7,9-10,19H,2,8H2,1H3,(H,29,31). The van der Waals surface area contributed by atoms with Gasteiger partial charge in [-0.2, -0.15) is 27.1 Å². The smallest absolute Gasteiger partial charge is 0.417 e. The molecule has 0 aliphatic rings. The average molecular weight is 491 g/mol. The molecule has 0 spiro atoms. The van der Waals surface area contributed by atoms with Crippen molar-refractivity contribution in [2.75, 3.05) is 5.32 Å². The van der Waals surface area contributed by atoms with Gasteiger partial charge in [0, 0.05) is 18.8 Å². The zero-order valence-electron chi connectivity index (χ0n) is 16.9. The summed E-state index contributed by atoms with van der Waals surface area (Å²) >= 11 is 6.08. The number of nitrogens with one attached hydrogen (secondary N) is 1. The number of hydrogen-bond acceptors (Lipinski definition) is 5. The van der Waals surface area contributed by atoms with E-state index in [4.69, 9.17) is 16.3 Å². The number of ether oxygens (including phenoxy) is 2. The van der Waals surface area contributed by atoms with Gasteiger partial charge in [0.25, 0.3) is 0 Å².